The van der Waals surface area contributed by atoms with E-state index >= 15 is 0 Å². The summed E-state index contributed by atoms with van der Waals surface area (Å²) in [5.74, 6) is -1.65. The standard InChI is InChI=1S/C15H11Cl2NO3/c1-8-4-2-3-5-10(8)14(19)18-13-11(15(20)21)6-9(16)7-12(13)17/h2-7H,1H3,(H,18,19)(H,20,21). The molecule has 0 bridgehead atoms. The number of halogens is 2. The average molecular weight is 324 g/mol. The van der Waals surface area contributed by atoms with Gasteiger partial charge in [0.2, 0.25) is 0 Å². The number of hydrogen-bond acceptors (Lipinski definition) is 2. The van der Waals surface area contributed by atoms with Crippen LogP contribution in [0, 0.1) is 6.92 Å². The summed E-state index contributed by atoms with van der Waals surface area (Å²) < 4.78 is 0. The summed E-state index contributed by atoms with van der Waals surface area (Å²) >= 11 is 11.8. The first-order valence-electron chi connectivity index (χ1n) is 5.99. The van der Waals surface area contributed by atoms with Crippen LogP contribution >= 0.6 is 23.2 Å². The number of carboxylic acids is 1. The van der Waals surface area contributed by atoms with E-state index in [-0.39, 0.29) is 21.3 Å². The number of aryl methyl sites for hydroxylation is 1. The molecule has 2 rings (SSSR count). The third-order valence-corrected chi connectivity index (χ3v) is 3.43. The second-order valence-corrected chi connectivity index (χ2v) is 5.23. The zero-order valence-electron chi connectivity index (χ0n) is 11.0. The topological polar surface area (TPSA) is 66.4 Å². The summed E-state index contributed by atoms with van der Waals surface area (Å²) in [4.78, 5) is 23.5. The van der Waals surface area contributed by atoms with E-state index < -0.39 is 11.9 Å². The lowest BCUT2D eigenvalue weighted by atomic mass is 10.1. The van der Waals surface area contributed by atoms with Crippen LogP contribution in [0.25, 0.3) is 0 Å². The molecule has 0 aliphatic rings. The molecule has 6 heteroatoms. The zero-order chi connectivity index (χ0) is 15.6. The van der Waals surface area contributed by atoms with E-state index in [2.05, 4.69) is 5.32 Å². The Kier molecular flexibility index (Phi) is 4.50. The van der Waals surface area contributed by atoms with Gasteiger partial charge in [-0.05, 0) is 30.7 Å². The summed E-state index contributed by atoms with van der Waals surface area (Å²) in [7, 11) is 0. The molecule has 0 aromatic heterocycles. The summed E-state index contributed by atoms with van der Waals surface area (Å²) in [6.07, 6.45) is 0. The molecule has 0 aliphatic carbocycles. The van der Waals surface area contributed by atoms with Crippen molar-refractivity contribution in [3.8, 4) is 0 Å². The maximum Gasteiger partial charge on any atom is 0.337 e. The lowest BCUT2D eigenvalue weighted by molar-refractivity contribution is 0.0698. The second kappa shape index (κ2) is 6.16. The molecule has 2 aromatic rings. The number of carbonyl (C=O) groups excluding carboxylic acids is 1. The Bertz CT molecular complexity index is 729. The van der Waals surface area contributed by atoms with Crippen LogP contribution < -0.4 is 5.32 Å². The van der Waals surface area contributed by atoms with Crippen molar-refractivity contribution in [2.75, 3.05) is 5.32 Å². The maximum absolute atomic E-state index is 12.3. The Morgan fingerprint density at radius 1 is 1.10 bits per heavy atom. The smallest absolute Gasteiger partial charge is 0.337 e. The highest BCUT2D eigenvalue weighted by Gasteiger charge is 2.18. The van der Waals surface area contributed by atoms with E-state index in [1.165, 1.54) is 12.1 Å². The van der Waals surface area contributed by atoms with Gasteiger partial charge in [-0.15, -0.1) is 0 Å². The number of anilines is 1. The molecule has 0 aliphatic heterocycles. The quantitative estimate of drug-likeness (QED) is 0.887. The highest BCUT2D eigenvalue weighted by molar-refractivity contribution is 6.38. The highest BCUT2D eigenvalue weighted by atomic mass is 35.5. The minimum atomic E-state index is -1.22. The molecular weight excluding hydrogens is 313 g/mol. The number of aromatic carboxylic acids is 1. The van der Waals surface area contributed by atoms with Crippen molar-refractivity contribution < 1.29 is 14.7 Å². The molecule has 1 amide bonds. The number of hydrogen-bond donors (Lipinski definition) is 2. The molecular formula is C15H11Cl2NO3. The average Bonchev–Trinajstić information content (AvgIpc) is 2.41. The molecule has 4 nitrogen and oxygen atoms in total. The van der Waals surface area contributed by atoms with Gasteiger partial charge in [-0.3, -0.25) is 4.79 Å². The van der Waals surface area contributed by atoms with Crippen LogP contribution in [0.1, 0.15) is 26.3 Å². The maximum atomic E-state index is 12.3. The number of nitrogens with one attached hydrogen (secondary N) is 1. The molecule has 0 fully saturated rings. The third kappa shape index (κ3) is 3.35. The summed E-state index contributed by atoms with van der Waals surface area (Å²) in [6.45, 7) is 1.79. The van der Waals surface area contributed by atoms with Gasteiger partial charge in [0, 0.05) is 10.6 Å². The van der Waals surface area contributed by atoms with E-state index in [0.29, 0.717) is 5.56 Å². The Balaban J connectivity index is 2.42. The number of carbonyl (C=O) groups is 2. The van der Waals surface area contributed by atoms with Crippen LogP contribution in [0.15, 0.2) is 36.4 Å². The van der Waals surface area contributed by atoms with Crippen LogP contribution in [-0.4, -0.2) is 17.0 Å². The lowest BCUT2D eigenvalue weighted by Crippen LogP contribution is -2.16. The molecule has 21 heavy (non-hydrogen) atoms. The van der Waals surface area contributed by atoms with Crippen LogP contribution in [0.5, 0.6) is 0 Å². The Morgan fingerprint density at radius 3 is 2.38 bits per heavy atom. The first-order chi connectivity index (χ1) is 9.90. The zero-order valence-corrected chi connectivity index (χ0v) is 12.5. The largest absolute Gasteiger partial charge is 0.478 e. The fourth-order valence-electron chi connectivity index (χ4n) is 1.88. The molecule has 2 aromatic carbocycles. The van der Waals surface area contributed by atoms with E-state index in [1.54, 1.807) is 25.1 Å². The van der Waals surface area contributed by atoms with E-state index in [9.17, 15) is 14.7 Å². The van der Waals surface area contributed by atoms with Crippen molar-refractivity contribution in [3.05, 3.63) is 63.1 Å². The van der Waals surface area contributed by atoms with Crippen molar-refractivity contribution in [3.63, 3.8) is 0 Å². The van der Waals surface area contributed by atoms with Gasteiger partial charge in [0.25, 0.3) is 5.91 Å². The van der Waals surface area contributed by atoms with Gasteiger partial charge in [0.1, 0.15) is 0 Å². The Hall–Kier alpha value is -2.04. The first-order valence-corrected chi connectivity index (χ1v) is 6.75. The van der Waals surface area contributed by atoms with E-state index in [1.807, 2.05) is 6.07 Å². The minimum absolute atomic E-state index is 0.0295. The van der Waals surface area contributed by atoms with Crippen LogP contribution in [0.3, 0.4) is 0 Å². The van der Waals surface area contributed by atoms with Gasteiger partial charge < -0.3 is 10.4 Å². The normalized spacial score (nSPS) is 10.2. The summed E-state index contributed by atoms with van der Waals surface area (Å²) in [6, 6.07) is 9.59. The second-order valence-electron chi connectivity index (χ2n) is 4.38. The van der Waals surface area contributed by atoms with Gasteiger partial charge in [-0.25, -0.2) is 4.79 Å². The van der Waals surface area contributed by atoms with Crippen molar-refractivity contribution in [2.24, 2.45) is 0 Å². The fourth-order valence-corrected chi connectivity index (χ4v) is 2.42. The van der Waals surface area contributed by atoms with Gasteiger partial charge in [-0.1, -0.05) is 41.4 Å². The summed E-state index contributed by atoms with van der Waals surface area (Å²) in [5, 5.41) is 12.0. The molecule has 0 unspecified atom stereocenters. The van der Waals surface area contributed by atoms with Gasteiger partial charge in [-0.2, -0.15) is 0 Å². The molecule has 0 heterocycles. The Morgan fingerprint density at radius 2 is 1.76 bits per heavy atom. The summed E-state index contributed by atoms with van der Waals surface area (Å²) in [5.41, 5.74) is 1.09. The predicted molar refractivity (Wildman–Crippen MR) is 82.6 cm³/mol. The monoisotopic (exact) mass is 323 g/mol. The van der Waals surface area contributed by atoms with Crippen LogP contribution in [-0.2, 0) is 0 Å². The van der Waals surface area contributed by atoms with Gasteiger partial charge in [0.15, 0.2) is 0 Å². The van der Waals surface area contributed by atoms with Crippen LogP contribution in [0.2, 0.25) is 10.0 Å². The number of carboxylic acid groups (broad SMARTS) is 1. The predicted octanol–water partition coefficient (Wildman–Crippen LogP) is 4.25. The molecule has 0 spiro atoms. The lowest BCUT2D eigenvalue weighted by Gasteiger charge is -2.12. The first kappa shape index (κ1) is 15.4. The van der Waals surface area contributed by atoms with Crippen LogP contribution in [0.4, 0.5) is 5.69 Å². The molecule has 2 N–H and O–H groups in total. The number of benzene rings is 2. The minimum Gasteiger partial charge on any atom is -0.478 e. The van der Waals surface area contributed by atoms with Gasteiger partial charge in [0.05, 0.1) is 16.3 Å². The van der Waals surface area contributed by atoms with E-state index in [4.69, 9.17) is 23.2 Å². The van der Waals surface area contributed by atoms with E-state index in [0.717, 1.165) is 5.56 Å². The number of rotatable bonds is 3. The Labute approximate surface area is 131 Å². The highest BCUT2D eigenvalue weighted by Crippen LogP contribution is 2.30. The number of amides is 1. The van der Waals surface area contributed by atoms with Crippen molar-refractivity contribution in [1.82, 2.24) is 0 Å². The SMILES string of the molecule is Cc1ccccc1C(=O)Nc1c(Cl)cc(Cl)cc1C(=O)O. The van der Waals surface area contributed by atoms with Gasteiger partial charge >= 0.3 is 5.97 Å². The molecule has 108 valence electrons. The molecule has 0 atom stereocenters. The van der Waals surface area contributed by atoms with Crippen molar-refractivity contribution in [1.29, 1.82) is 0 Å². The fraction of sp³-hybridized carbons (Fsp3) is 0.0667. The molecule has 0 radical (unpaired) electrons. The van der Waals surface area contributed by atoms with Crippen molar-refractivity contribution in [2.45, 2.75) is 6.92 Å². The third-order valence-electron chi connectivity index (χ3n) is 2.91. The molecule has 0 saturated carbocycles. The molecule has 0 saturated heterocycles. The van der Waals surface area contributed by atoms with Crippen molar-refractivity contribution >= 4 is 40.8 Å².